The number of aliphatic imine (C=N–C) groups is 1. The van der Waals surface area contributed by atoms with Crippen LogP contribution in [0.3, 0.4) is 0 Å². The van der Waals surface area contributed by atoms with E-state index in [1.54, 1.807) is 0 Å². The molecule has 0 heterocycles. The fourth-order valence-electron chi connectivity index (χ4n) is 2.78. The highest BCUT2D eigenvalue weighted by atomic mass is 127. The topological polar surface area (TPSA) is 70.6 Å². The highest BCUT2D eigenvalue weighted by Gasteiger charge is 2.11. The van der Waals surface area contributed by atoms with Crippen LogP contribution in [-0.4, -0.2) is 27.2 Å². The molecule has 0 radical (unpaired) electrons. The van der Waals surface area contributed by atoms with Crippen LogP contribution in [0.4, 0.5) is 4.39 Å². The molecule has 0 aliphatic rings. The molecule has 2 N–H and O–H groups in total. The number of halogens is 2. The summed E-state index contributed by atoms with van der Waals surface area (Å²) in [7, 11) is -3.21. The predicted octanol–water partition coefficient (Wildman–Crippen LogP) is 4.33. The Labute approximate surface area is 196 Å². The molecule has 0 fully saturated rings. The van der Waals surface area contributed by atoms with Gasteiger partial charge >= 0.3 is 0 Å². The maximum Gasteiger partial charge on any atom is 0.191 e. The van der Waals surface area contributed by atoms with E-state index in [0.717, 1.165) is 24.9 Å². The smallest absolute Gasteiger partial charge is 0.191 e. The summed E-state index contributed by atoms with van der Waals surface area (Å²) in [5.41, 5.74) is 3.49. The minimum absolute atomic E-state index is 0. The maximum absolute atomic E-state index is 13.7. The quantitative estimate of drug-likeness (QED) is 0.212. The van der Waals surface area contributed by atoms with Gasteiger partial charge in [0.25, 0.3) is 0 Å². The highest BCUT2D eigenvalue weighted by molar-refractivity contribution is 14.0. The molecule has 0 saturated carbocycles. The first-order valence-corrected chi connectivity index (χ1v) is 11.9. The van der Waals surface area contributed by atoms with Gasteiger partial charge in [0.15, 0.2) is 15.8 Å². The summed E-state index contributed by atoms with van der Waals surface area (Å²) < 4.78 is 37.1. The fraction of sp³-hybridized carbons (Fsp3) is 0.409. The monoisotopic (exact) mass is 547 g/mol. The normalized spacial score (nSPS) is 11.7. The van der Waals surface area contributed by atoms with Crippen molar-refractivity contribution in [3.63, 3.8) is 0 Å². The first-order chi connectivity index (χ1) is 13.8. The molecule has 2 aromatic rings. The van der Waals surface area contributed by atoms with E-state index in [9.17, 15) is 12.8 Å². The van der Waals surface area contributed by atoms with Crippen LogP contribution in [0, 0.1) is 12.7 Å². The van der Waals surface area contributed by atoms with E-state index in [1.165, 1.54) is 30.0 Å². The molecule has 0 aromatic heterocycles. The van der Waals surface area contributed by atoms with Crippen molar-refractivity contribution in [1.29, 1.82) is 0 Å². The van der Waals surface area contributed by atoms with Crippen molar-refractivity contribution >= 4 is 39.8 Å². The van der Waals surface area contributed by atoms with E-state index in [0.29, 0.717) is 23.6 Å². The van der Waals surface area contributed by atoms with Gasteiger partial charge in [-0.15, -0.1) is 24.0 Å². The Morgan fingerprint density at radius 1 is 1.07 bits per heavy atom. The van der Waals surface area contributed by atoms with E-state index < -0.39 is 15.7 Å². The summed E-state index contributed by atoms with van der Waals surface area (Å²) in [6.07, 6.45) is 3.24. The van der Waals surface area contributed by atoms with Crippen LogP contribution < -0.4 is 10.6 Å². The second-order valence-electron chi connectivity index (χ2n) is 7.27. The first-order valence-electron chi connectivity index (χ1n) is 9.79. The van der Waals surface area contributed by atoms with Gasteiger partial charge in [-0.3, -0.25) is 0 Å². The Morgan fingerprint density at radius 3 is 2.40 bits per heavy atom. The number of aryl methyl sites for hydroxylation is 1. The van der Waals surface area contributed by atoms with Gasteiger partial charge in [-0.05, 0) is 42.2 Å². The minimum atomic E-state index is -3.21. The molecular formula is C22H31FIN3O2S. The molecule has 0 saturated heterocycles. The van der Waals surface area contributed by atoms with E-state index in [2.05, 4.69) is 22.5 Å². The van der Waals surface area contributed by atoms with Crippen LogP contribution in [0.1, 0.15) is 42.0 Å². The van der Waals surface area contributed by atoms with Crippen LogP contribution in [0.25, 0.3) is 0 Å². The number of benzene rings is 2. The van der Waals surface area contributed by atoms with E-state index >= 15 is 0 Å². The fourth-order valence-corrected chi connectivity index (χ4v) is 3.63. The van der Waals surface area contributed by atoms with Gasteiger partial charge in [0.05, 0.1) is 12.3 Å². The SMILES string of the molecule is CCCCNC(=NCc1ccc(C)cc1)NCc1cc(F)ccc1CS(C)(=O)=O.I. The molecule has 0 atom stereocenters. The summed E-state index contributed by atoms with van der Waals surface area (Å²) in [6.45, 7) is 5.73. The van der Waals surface area contributed by atoms with Crippen molar-refractivity contribution in [3.8, 4) is 0 Å². The Kier molecular flexibility index (Phi) is 11.3. The van der Waals surface area contributed by atoms with Crippen molar-refractivity contribution in [1.82, 2.24) is 10.6 Å². The Hall–Kier alpha value is -1.68. The molecule has 0 aliphatic carbocycles. The lowest BCUT2D eigenvalue weighted by molar-refractivity contribution is 0.599. The van der Waals surface area contributed by atoms with Gasteiger partial charge in [-0.1, -0.05) is 49.2 Å². The van der Waals surface area contributed by atoms with Crippen LogP contribution >= 0.6 is 24.0 Å². The number of nitrogens with zero attached hydrogens (tertiary/aromatic N) is 1. The largest absolute Gasteiger partial charge is 0.356 e. The summed E-state index contributed by atoms with van der Waals surface area (Å²) in [4.78, 5) is 4.62. The van der Waals surface area contributed by atoms with Gasteiger partial charge in [-0.2, -0.15) is 0 Å². The lowest BCUT2D eigenvalue weighted by Crippen LogP contribution is -2.37. The summed E-state index contributed by atoms with van der Waals surface area (Å²) in [6, 6.07) is 12.4. The average Bonchev–Trinajstić information content (AvgIpc) is 2.66. The van der Waals surface area contributed by atoms with Crippen LogP contribution in [0.5, 0.6) is 0 Å². The van der Waals surface area contributed by atoms with E-state index in [4.69, 9.17) is 0 Å². The standard InChI is InChI=1S/C22H30FN3O2S.HI/c1-4-5-12-24-22(25-14-18-8-6-17(2)7-9-18)26-15-20-13-21(23)11-10-19(20)16-29(3,27)28;/h6-11,13H,4-5,12,14-16H2,1-3H3,(H2,24,25,26);1H. The summed E-state index contributed by atoms with van der Waals surface area (Å²) >= 11 is 0. The third kappa shape index (κ3) is 9.88. The Balaban J connectivity index is 0.00000450. The molecule has 0 aliphatic heterocycles. The number of rotatable bonds is 9. The molecule has 0 amide bonds. The average molecular weight is 547 g/mol. The first kappa shape index (κ1) is 26.4. The molecule has 5 nitrogen and oxygen atoms in total. The van der Waals surface area contributed by atoms with Gasteiger partial charge in [-0.25, -0.2) is 17.8 Å². The van der Waals surface area contributed by atoms with E-state index in [1.807, 2.05) is 31.2 Å². The van der Waals surface area contributed by atoms with Crippen molar-refractivity contribution < 1.29 is 12.8 Å². The predicted molar refractivity (Wildman–Crippen MR) is 132 cm³/mol. The zero-order valence-corrected chi connectivity index (χ0v) is 20.9. The number of hydrogen-bond donors (Lipinski definition) is 2. The van der Waals surface area contributed by atoms with Crippen molar-refractivity contribution in [2.45, 2.75) is 45.5 Å². The third-order valence-corrected chi connectivity index (χ3v) is 5.23. The van der Waals surface area contributed by atoms with Crippen molar-refractivity contribution in [2.24, 2.45) is 4.99 Å². The van der Waals surface area contributed by atoms with Crippen molar-refractivity contribution in [3.05, 3.63) is 70.5 Å². The lowest BCUT2D eigenvalue weighted by Gasteiger charge is -2.15. The molecule has 30 heavy (non-hydrogen) atoms. The molecule has 0 unspecified atom stereocenters. The minimum Gasteiger partial charge on any atom is -0.356 e. The Bertz CT molecular complexity index is 932. The van der Waals surface area contributed by atoms with Gasteiger partial charge in [0.2, 0.25) is 0 Å². The molecule has 0 bridgehead atoms. The summed E-state index contributed by atoms with van der Waals surface area (Å²) in [5.74, 6) is 0.105. The van der Waals surface area contributed by atoms with Gasteiger partial charge < -0.3 is 10.6 Å². The summed E-state index contributed by atoms with van der Waals surface area (Å²) in [5, 5.41) is 6.49. The Morgan fingerprint density at radius 2 is 1.77 bits per heavy atom. The van der Waals surface area contributed by atoms with Gasteiger partial charge in [0.1, 0.15) is 5.82 Å². The number of sulfone groups is 1. The number of hydrogen-bond acceptors (Lipinski definition) is 3. The molecule has 166 valence electrons. The maximum atomic E-state index is 13.7. The van der Waals surface area contributed by atoms with Crippen LogP contribution in [0.15, 0.2) is 47.5 Å². The second-order valence-corrected chi connectivity index (χ2v) is 9.41. The molecular weight excluding hydrogens is 516 g/mol. The number of guanidine groups is 1. The highest BCUT2D eigenvalue weighted by Crippen LogP contribution is 2.14. The number of nitrogens with one attached hydrogen (secondary N) is 2. The zero-order chi connectivity index (χ0) is 21.3. The zero-order valence-electron chi connectivity index (χ0n) is 17.7. The van der Waals surface area contributed by atoms with Gasteiger partial charge in [0, 0.05) is 19.3 Å². The third-order valence-electron chi connectivity index (χ3n) is 4.40. The number of unbranched alkanes of at least 4 members (excludes halogenated alkanes) is 1. The van der Waals surface area contributed by atoms with Crippen LogP contribution in [0.2, 0.25) is 0 Å². The molecule has 0 spiro atoms. The molecule has 2 rings (SSSR count). The van der Waals surface area contributed by atoms with Crippen LogP contribution in [-0.2, 0) is 28.7 Å². The van der Waals surface area contributed by atoms with E-state index in [-0.39, 0.29) is 36.3 Å². The van der Waals surface area contributed by atoms with Crippen molar-refractivity contribution in [2.75, 3.05) is 12.8 Å². The second kappa shape index (κ2) is 12.9. The molecule has 8 heteroatoms. The molecule has 2 aromatic carbocycles. The lowest BCUT2D eigenvalue weighted by atomic mass is 10.1.